The third kappa shape index (κ3) is 4.98. The molecule has 3 rings (SSSR count). The van der Waals surface area contributed by atoms with E-state index in [-0.39, 0.29) is 10.6 Å². The molecule has 0 spiro atoms. The second-order valence-corrected chi connectivity index (χ2v) is 8.94. The van der Waals surface area contributed by atoms with E-state index in [0.29, 0.717) is 35.9 Å². The van der Waals surface area contributed by atoms with Crippen molar-refractivity contribution in [1.82, 2.24) is 4.31 Å². The molecule has 0 unspecified atom stereocenters. The molecule has 0 saturated carbocycles. The van der Waals surface area contributed by atoms with Crippen molar-refractivity contribution in [3.05, 3.63) is 71.7 Å². The van der Waals surface area contributed by atoms with Crippen LogP contribution < -0.4 is 10.1 Å². The zero-order chi connectivity index (χ0) is 22.6. The Morgan fingerprint density at radius 3 is 2.29 bits per heavy atom. The van der Waals surface area contributed by atoms with Gasteiger partial charge in [-0.15, -0.1) is 0 Å². The number of furan rings is 1. The van der Waals surface area contributed by atoms with Crippen LogP contribution in [0.2, 0.25) is 0 Å². The summed E-state index contributed by atoms with van der Waals surface area (Å²) < 4.78 is 38.5. The predicted octanol–water partition coefficient (Wildman–Crippen LogP) is 4.97. The van der Waals surface area contributed by atoms with Crippen LogP contribution in [0.15, 0.2) is 64.1 Å². The number of amides is 1. The van der Waals surface area contributed by atoms with Crippen molar-refractivity contribution in [3.63, 3.8) is 0 Å². The monoisotopic (exact) mass is 442 g/mol. The standard InChI is InChI=1S/C23H26N2O5S/c1-5-25(6-2)31(27,28)19-11-12-22(30-18-9-7-16(3)8-10-18)21(15-19)24-23(26)20-13-14-29-17(20)4/h7-15H,5-6H2,1-4H3,(H,24,26). The second-order valence-electron chi connectivity index (χ2n) is 7.01. The van der Waals surface area contributed by atoms with Gasteiger partial charge in [0.25, 0.3) is 5.91 Å². The fourth-order valence-corrected chi connectivity index (χ4v) is 4.60. The summed E-state index contributed by atoms with van der Waals surface area (Å²) in [5, 5.41) is 2.77. The van der Waals surface area contributed by atoms with Crippen LogP contribution in [0.3, 0.4) is 0 Å². The third-order valence-electron chi connectivity index (χ3n) is 4.89. The van der Waals surface area contributed by atoms with Crippen molar-refractivity contribution in [2.75, 3.05) is 18.4 Å². The molecule has 0 aliphatic rings. The van der Waals surface area contributed by atoms with Gasteiger partial charge in [0.15, 0.2) is 5.75 Å². The Kier molecular flexibility index (Phi) is 6.82. The van der Waals surface area contributed by atoms with Gasteiger partial charge in [-0.25, -0.2) is 8.42 Å². The summed E-state index contributed by atoms with van der Waals surface area (Å²) in [7, 11) is -3.71. The largest absolute Gasteiger partial charge is 0.469 e. The van der Waals surface area contributed by atoms with Gasteiger partial charge in [-0.05, 0) is 50.2 Å². The van der Waals surface area contributed by atoms with E-state index in [4.69, 9.17) is 9.15 Å². The third-order valence-corrected chi connectivity index (χ3v) is 6.94. The minimum Gasteiger partial charge on any atom is -0.469 e. The van der Waals surface area contributed by atoms with Gasteiger partial charge in [-0.3, -0.25) is 4.79 Å². The van der Waals surface area contributed by atoms with Crippen molar-refractivity contribution >= 4 is 21.6 Å². The molecule has 0 aliphatic carbocycles. The zero-order valence-corrected chi connectivity index (χ0v) is 18.8. The Labute approximate surface area is 182 Å². The number of hydrogen-bond donors (Lipinski definition) is 1. The Balaban J connectivity index is 2.02. The summed E-state index contributed by atoms with van der Waals surface area (Å²) in [4.78, 5) is 12.8. The molecule has 1 heterocycles. The summed E-state index contributed by atoms with van der Waals surface area (Å²) in [5.74, 6) is 0.944. The number of sulfonamides is 1. The summed E-state index contributed by atoms with van der Waals surface area (Å²) in [5.41, 5.74) is 1.69. The maximum atomic E-state index is 13.0. The smallest absolute Gasteiger partial charge is 0.259 e. The molecule has 0 radical (unpaired) electrons. The molecular weight excluding hydrogens is 416 g/mol. The zero-order valence-electron chi connectivity index (χ0n) is 18.0. The summed E-state index contributed by atoms with van der Waals surface area (Å²) in [6, 6.07) is 13.4. The quantitative estimate of drug-likeness (QED) is 0.532. The predicted molar refractivity (Wildman–Crippen MR) is 119 cm³/mol. The number of nitrogens with zero attached hydrogens (tertiary/aromatic N) is 1. The molecule has 2 aromatic carbocycles. The molecule has 31 heavy (non-hydrogen) atoms. The molecule has 0 bridgehead atoms. The van der Waals surface area contributed by atoms with Gasteiger partial charge >= 0.3 is 0 Å². The van der Waals surface area contributed by atoms with E-state index in [2.05, 4.69) is 5.32 Å². The van der Waals surface area contributed by atoms with Crippen LogP contribution in [-0.2, 0) is 10.0 Å². The van der Waals surface area contributed by atoms with Crippen LogP contribution in [0.1, 0.15) is 35.5 Å². The first kappa shape index (κ1) is 22.6. The number of carbonyl (C=O) groups is 1. The molecule has 3 aromatic rings. The topological polar surface area (TPSA) is 88.9 Å². The Morgan fingerprint density at radius 2 is 1.71 bits per heavy atom. The number of hydrogen-bond acceptors (Lipinski definition) is 5. The molecule has 0 aliphatic heterocycles. The highest BCUT2D eigenvalue weighted by molar-refractivity contribution is 7.89. The normalized spacial score (nSPS) is 11.5. The van der Waals surface area contributed by atoms with Gasteiger partial charge in [-0.2, -0.15) is 4.31 Å². The number of carbonyl (C=O) groups excluding carboxylic acids is 1. The number of ether oxygens (including phenoxy) is 1. The molecule has 7 nitrogen and oxygen atoms in total. The number of rotatable bonds is 8. The van der Waals surface area contributed by atoms with Crippen LogP contribution in [-0.4, -0.2) is 31.7 Å². The molecule has 1 N–H and O–H groups in total. The Bertz CT molecular complexity index is 1160. The second kappa shape index (κ2) is 9.36. The van der Waals surface area contributed by atoms with Gasteiger partial charge in [0.2, 0.25) is 10.0 Å². The summed E-state index contributed by atoms with van der Waals surface area (Å²) in [6.07, 6.45) is 1.43. The van der Waals surface area contributed by atoms with Crippen molar-refractivity contribution in [3.8, 4) is 11.5 Å². The first-order valence-electron chi connectivity index (χ1n) is 10.0. The van der Waals surface area contributed by atoms with E-state index in [1.807, 2.05) is 31.2 Å². The van der Waals surface area contributed by atoms with Crippen molar-refractivity contribution in [2.24, 2.45) is 0 Å². The van der Waals surface area contributed by atoms with Crippen molar-refractivity contribution in [1.29, 1.82) is 0 Å². The van der Waals surface area contributed by atoms with E-state index in [9.17, 15) is 13.2 Å². The van der Waals surface area contributed by atoms with Crippen LogP contribution in [0.4, 0.5) is 5.69 Å². The lowest BCUT2D eigenvalue weighted by molar-refractivity contribution is 0.102. The van der Waals surface area contributed by atoms with Crippen LogP contribution in [0, 0.1) is 13.8 Å². The fourth-order valence-electron chi connectivity index (χ4n) is 3.11. The maximum Gasteiger partial charge on any atom is 0.259 e. The highest BCUT2D eigenvalue weighted by atomic mass is 32.2. The van der Waals surface area contributed by atoms with Crippen LogP contribution >= 0.6 is 0 Å². The maximum absolute atomic E-state index is 13.0. The lowest BCUT2D eigenvalue weighted by atomic mass is 10.2. The molecule has 1 amide bonds. The summed E-state index contributed by atoms with van der Waals surface area (Å²) >= 11 is 0. The van der Waals surface area contributed by atoms with E-state index in [1.54, 1.807) is 32.9 Å². The van der Waals surface area contributed by atoms with E-state index in [0.717, 1.165) is 5.56 Å². The van der Waals surface area contributed by atoms with Crippen molar-refractivity contribution in [2.45, 2.75) is 32.6 Å². The molecule has 1 aromatic heterocycles. The van der Waals surface area contributed by atoms with Gasteiger partial charge in [0.05, 0.1) is 22.4 Å². The lowest BCUT2D eigenvalue weighted by Gasteiger charge is -2.20. The number of anilines is 1. The van der Waals surface area contributed by atoms with E-state index in [1.165, 1.54) is 22.7 Å². The van der Waals surface area contributed by atoms with Gasteiger partial charge < -0.3 is 14.5 Å². The Morgan fingerprint density at radius 1 is 1.03 bits per heavy atom. The minimum atomic E-state index is -3.71. The van der Waals surface area contributed by atoms with Gasteiger partial charge in [-0.1, -0.05) is 31.5 Å². The lowest BCUT2D eigenvalue weighted by Crippen LogP contribution is -2.30. The first-order valence-corrected chi connectivity index (χ1v) is 11.4. The van der Waals surface area contributed by atoms with Crippen LogP contribution in [0.5, 0.6) is 11.5 Å². The SMILES string of the molecule is CCN(CC)S(=O)(=O)c1ccc(Oc2ccc(C)cc2)c(NC(=O)c2ccoc2C)c1. The number of aryl methyl sites for hydroxylation is 2. The Hall–Kier alpha value is -3.10. The first-order chi connectivity index (χ1) is 14.8. The van der Waals surface area contributed by atoms with Gasteiger partial charge in [0.1, 0.15) is 11.5 Å². The van der Waals surface area contributed by atoms with E-state index < -0.39 is 15.9 Å². The molecule has 0 fully saturated rings. The molecule has 0 saturated heterocycles. The van der Waals surface area contributed by atoms with Gasteiger partial charge in [0, 0.05) is 13.1 Å². The summed E-state index contributed by atoms with van der Waals surface area (Å²) in [6.45, 7) is 7.89. The fraction of sp³-hybridized carbons (Fsp3) is 0.261. The average molecular weight is 443 g/mol. The van der Waals surface area contributed by atoms with E-state index >= 15 is 0 Å². The van der Waals surface area contributed by atoms with Crippen LogP contribution in [0.25, 0.3) is 0 Å². The van der Waals surface area contributed by atoms with Crippen molar-refractivity contribution < 1.29 is 22.4 Å². The number of nitrogens with one attached hydrogen (secondary N) is 1. The average Bonchev–Trinajstić information content (AvgIpc) is 3.17. The number of benzene rings is 2. The molecule has 0 atom stereocenters. The highest BCUT2D eigenvalue weighted by Crippen LogP contribution is 2.33. The molecular formula is C23H26N2O5S. The molecule has 8 heteroatoms. The highest BCUT2D eigenvalue weighted by Gasteiger charge is 2.24. The molecule has 164 valence electrons. The minimum absolute atomic E-state index is 0.0756.